The number of aryl methyl sites for hydroxylation is 1. The first kappa shape index (κ1) is 12.2. The van der Waals surface area contributed by atoms with Crippen molar-refractivity contribution in [2.24, 2.45) is 0 Å². The molecule has 2 nitrogen and oxygen atoms in total. The van der Waals surface area contributed by atoms with Crippen LogP contribution in [-0.2, 0) is 0 Å². The van der Waals surface area contributed by atoms with Gasteiger partial charge in [-0.25, -0.2) is 0 Å². The lowest BCUT2D eigenvalue weighted by Crippen LogP contribution is -1.87. The molecule has 2 rings (SSSR count). The lowest BCUT2D eigenvalue weighted by molar-refractivity contribution is 1.32. The number of benzene rings is 1. The molecule has 0 radical (unpaired) electrons. The van der Waals surface area contributed by atoms with Crippen LogP contribution in [0.2, 0.25) is 0 Å². The fourth-order valence-electron chi connectivity index (χ4n) is 1.30. The Morgan fingerprint density at radius 2 is 1.56 bits per heavy atom. The van der Waals surface area contributed by atoms with Crippen molar-refractivity contribution >= 4 is 5.69 Å². The van der Waals surface area contributed by atoms with Crippen LogP contribution in [0.5, 0.6) is 0 Å². The second-order valence-electron chi connectivity index (χ2n) is 3.34. The van der Waals surface area contributed by atoms with E-state index in [1.54, 1.807) is 6.20 Å². The molecule has 0 bridgehead atoms. The quantitative estimate of drug-likeness (QED) is 0.786. The van der Waals surface area contributed by atoms with Crippen molar-refractivity contribution in [3.63, 3.8) is 0 Å². The highest BCUT2D eigenvalue weighted by atomic mass is 14.7. The summed E-state index contributed by atoms with van der Waals surface area (Å²) in [5.41, 5.74) is 9.59. The summed E-state index contributed by atoms with van der Waals surface area (Å²) < 4.78 is 0. The van der Waals surface area contributed by atoms with Gasteiger partial charge in [0.2, 0.25) is 0 Å². The fraction of sp³-hybridized carbons (Fsp3) is 0.214. The highest BCUT2D eigenvalue weighted by Gasteiger charge is 1.97. The number of rotatable bonds is 1. The molecule has 0 amide bonds. The van der Waals surface area contributed by atoms with Gasteiger partial charge < -0.3 is 5.73 Å². The lowest BCUT2D eigenvalue weighted by atomic mass is 10.1. The Bertz CT molecular complexity index is 372. The molecule has 0 aliphatic rings. The van der Waals surface area contributed by atoms with E-state index in [0.717, 1.165) is 11.3 Å². The van der Waals surface area contributed by atoms with E-state index in [1.165, 1.54) is 5.56 Å². The summed E-state index contributed by atoms with van der Waals surface area (Å²) in [7, 11) is 0. The Kier molecular flexibility index (Phi) is 4.52. The maximum absolute atomic E-state index is 5.57. The molecule has 1 aromatic heterocycles. The number of pyridine rings is 1. The second kappa shape index (κ2) is 5.91. The highest BCUT2D eigenvalue weighted by Crippen LogP contribution is 2.17. The Hall–Kier alpha value is -1.83. The minimum atomic E-state index is 0.695. The van der Waals surface area contributed by atoms with E-state index >= 15 is 0 Å². The standard InChI is InChI=1S/C12H12N2.C2H6/c1-9-2-4-10(5-3-9)12-7-6-11(13)8-14-12;1-2/h2-8H,13H2,1H3;1-2H3. The van der Waals surface area contributed by atoms with Crippen molar-refractivity contribution in [1.29, 1.82) is 0 Å². The van der Waals surface area contributed by atoms with Crippen LogP contribution in [0.25, 0.3) is 11.3 Å². The highest BCUT2D eigenvalue weighted by molar-refractivity contribution is 5.60. The Morgan fingerprint density at radius 1 is 0.938 bits per heavy atom. The smallest absolute Gasteiger partial charge is 0.0703 e. The van der Waals surface area contributed by atoms with Crippen molar-refractivity contribution in [1.82, 2.24) is 4.98 Å². The van der Waals surface area contributed by atoms with Gasteiger partial charge in [-0.05, 0) is 19.1 Å². The van der Waals surface area contributed by atoms with Crippen LogP contribution in [-0.4, -0.2) is 4.98 Å². The maximum atomic E-state index is 5.57. The zero-order valence-corrected chi connectivity index (χ0v) is 10.1. The summed E-state index contributed by atoms with van der Waals surface area (Å²) in [5, 5.41) is 0. The molecule has 0 aliphatic heterocycles. The molecular weight excluding hydrogens is 196 g/mol. The summed E-state index contributed by atoms with van der Waals surface area (Å²) in [6.45, 7) is 6.07. The summed E-state index contributed by atoms with van der Waals surface area (Å²) in [6, 6.07) is 12.1. The molecule has 0 fully saturated rings. The molecule has 84 valence electrons. The predicted octanol–water partition coefficient (Wildman–Crippen LogP) is 3.67. The van der Waals surface area contributed by atoms with Gasteiger partial charge in [0.15, 0.2) is 0 Å². The monoisotopic (exact) mass is 214 g/mol. The Morgan fingerprint density at radius 3 is 2.06 bits per heavy atom. The maximum Gasteiger partial charge on any atom is 0.0703 e. The van der Waals surface area contributed by atoms with Gasteiger partial charge in [-0.1, -0.05) is 43.7 Å². The molecule has 0 spiro atoms. The fourth-order valence-corrected chi connectivity index (χ4v) is 1.30. The van der Waals surface area contributed by atoms with E-state index in [2.05, 4.69) is 36.2 Å². The number of hydrogen-bond acceptors (Lipinski definition) is 2. The van der Waals surface area contributed by atoms with Crippen molar-refractivity contribution in [2.75, 3.05) is 5.73 Å². The van der Waals surface area contributed by atoms with Gasteiger partial charge >= 0.3 is 0 Å². The number of hydrogen-bond donors (Lipinski definition) is 1. The third-order valence-electron chi connectivity index (χ3n) is 2.13. The van der Waals surface area contributed by atoms with Crippen molar-refractivity contribution in [3.8, 4) is 11.3 Å². The van der Waals surface area contributed by atoms with Crippen LogP contribution in [0.3, 0.4) is 0 Å². The minimum absolute atomic E-state index is 0.695. The molecule has 0 saturated heterocycles. The van der Waals surface area contributed by atoms with E-state index in [-0.39, 0.29) is 0 Å². The summed E-state index contributed by atoms with van der Waals surface area (Å²) in [5.74, 6) is 0. The number of anilines is 1. The van der Waals surface area contributed by atoms with Crippen molar-refractivity contribution < 1.29 is 0 Å². The van der Waals surface area contributed by atoms with Crippen molar-refractivity contribution in [2.45, 2.75) is 20.8 Å². The summed E-state index contributed by atoms with van der Waals surface area (Å²) in [4.78, 5) is 4.25. The molecule has 0 unspecified atom stereocenters. The summed E-state index contributed by atoms with van der Waals surface area (Å²) in [6.07, 6.45) is 1.68. The van der Waals surface area contributed by atoms with E-state index in [1.807, 2.05) is 26.0 Å². The molecule has 16 heavy (non-hydrogen) atoms. The van der Waals surface area contributed by atoms with Crippen LogP contribution >= 0.6 is 0 Å². The van der Waals surface area contributed by atoms with Gasteiger partial charge in [0.05, 0.1) is 17.6 Å². The molecule has 0 saturated carbocycles. The van der Waals surface area contributed by atoms with Crippen LogP contribution in [0.15, 0.2) is 42.6 Å². The molecular formula is C14H18N2. The van der Waals surface area contributed by atoms with Crippen LogP contribution in [0, 0.1) is 6.92 Å². The average Bonchev–Trinajstić information content (AvgIpc) is 2.34. The average molecular weight is 214 g/mol. The van der Waals surface area contributed by atoms with Gasteiger partial charge in [-0.2, -0.15) is 0 Å². The third-order valence-corrected chi connectivity index (χ3v) is 2.13. The van der Waals surface area contributed by atoms with E-state index in [4.69, 9.17) is 5.73 Å². The topological polar surface area (TPSA) is 38.9 Å². The number of nitrogen functional groups attached to an aromatic ring is 1. The third kappa shape index (κ3) is 3.09. The zero-order chi connectivity index (χ0) is 12.0. The van der Waals surface area contributed by atoms with E-state index in [0.29, 0.717) is 5.69 Å². The van der Waals surface area contributed by atoms with Crippen LogP contribution < -0.4 is 5.73 Å². The normalized spacial score (nSPS) is 9.19. The largest absolute Gasteiger partial charge is 0.397 e. The van der Waals surface area contributed by atoms with E-state index < -0.39 is 0 Å². The van der Waals surface area contributed by atoms with Crippen molar-refractivity contribution in [3.05, 3.63) is 48.2 Å². The summed E-state index contributed by atoms with van der Waals surface area (Å²) >= 11 is 0. The van der Waals surface area contributed by atoms with Crippen LogP contribution in [0.4, 0.5) is 5.69 Å². The molecule has 1 aromatic carbocycles. The first-order chi connectivity index (χ1) is 7.75. The van der Waals surface area contributed by atoms with Gasteiger partial charge in [0, 0.05) is 5.56 Å². The molecule has 2 aromatic rings. The Labute approximate surface area is 97.1 Å². The Balaban J connectivity index is 0.000000606. The first-order valence-electron chi connectivity index (χ1n) is 5.54. The molecule has 0 aliphatic carbocycles. The molecule has 2 N–H and O–H groups in total. The molecule has 2 heteroatoms. The van der Waals surface area contributed by atoms with Gasteiger partial charge in [0.25, 0.3) is 0 Å². The second-order valence-corrected chi connectivity index (χ2v) is 3.34. The molecule has 1 heterocycles. The lowest BCUT2D eigenvalue weighted by Gasteiger charge is -2.01. The first-order valence-corrected chi connectivity index (χ1v) is 5.54. The predicted molar refractivity (Wildman–Crippen MR) is 70.2 cm³/mol. The van der Waals surface area contributed by atoms with Gasteiger partial charge in [-0.15, -0.1) is 0 Å². The molecule has 0 atom stereocenters. The number of nitrogens with zero attached hydrogens (tertiary/aromatic N) is 1. The van der Waals surface area contributed by atoms with Crippen LogP contribution in [0.1, 0.15) is 19.4 Å². The zero-order valence-electron chi connectivity index (χ0n) is 10.1. The number of nitrogens with two attached hydrogens (primary N) is 1. The van der Waals surface area contributed by atoms with E-state index in [9.17, 15) is 0 Å². The minimum Gasteiger partial charge on any atom is -0.397 e. The number of aromatic nitrogens is 1. The van der Waals surface area contributed by atoms with Gasteiger partial charge in [-0.3, -0.25) is 4.98 Å². The SMILES string of the molecule is CC.Cc1ccc(-c2ccc(N)cn2)cc1. The van der Waals surface area contributed by atoms with Gasteiger partial charge in [0.1, 0.15) is 0 Å².